The Hall–Kier alpha value is -1.81. The van der Waals surface area contributed by atoms with Crippen molar-refractivity contribution in [2.45, 2.75) is 18.8 Å². The summed E-state index contributed by atoms with van der Waals surface area (Å²) in [6.45, 7) is 2.33. The summed E-state index contributed by atoms with van der Waals surface area (Å²) in [6, 6.07) is 8.21. The number of benzene rings is 1. The number of rotatable bonds is 3. The van der Waals surface area contributed by atoms with Crippen molar-refractivity contribution in [3.63, 3.8) is 0 Å². The van der Waals surface area contributed by atoms with Gasteiger partial charge in [-0.25, -0.2) is 9.37 Å². The standard InChI is InChI=1S/C14H12ClFN2O/c1-9(15)14-17-12-5-4-10(16)7-13(12)18(14)8-11-3-2-6-19-11/h2-7,9H,8H2,1H3. The zero-order valence-corrected chi connectivity index (χ0v) is 11.1. The van der Waals surface area contributed by atoms with Gasteiger partial charge < -0.3 is 8.98 Å². The molecule has 0 aliphatic carbocycles. The number of imidazole rings is 1. The Kier molecular flexibility index (Phi) is 3.03. The van der Waals surface area contributed by atoms with Crippen molar-refractivity contribution in [2.24, 2.45) is 0 Å². The summed E-state index contributed by atoms with van der Waals surface area (Å²) in [4.78, 5) is 4.46. The van der Waals surface area contributed by atoms with E-state index in [9.17, 15) is 4.39 Å². The first kappa shape index (κ1) is 12.2. The molecule has 0 bridgehead atoms. The SMILES string of the molecule is CC(Cl)c1nc2ccc(F)cc2n1Cc1ccco1. The highest BCUT2D eigenvalue weighted by atomic mass is 35.5. The fourth-order valence-corrected chi connectivity index (χ4v) is 2.31. The molecule has 19 heavy (non-hydrogen) atoms. The maximum absolute atomic E-state index is 13.4. The molecule has 3 rings (SSSR count). The first-order valence-corrected chi connectivity index (χ1v) is 6.41. The number of alkyl halides is 1. The van der Waals surface area contributed by atoms with E-state index >= 15 is 0 Å². The minimum absolute atomic E-state index is 0.259. The molecule has 5 heteroatoms. The van der Waals surface area contributed by atoms with Crippen LogP contribution in [0, 0.1) is 5.82 Å². The van der Waals surface area contributed by atoms with Crippen LogP contribution in [-0.4, -0.2) is 9.55 Å². The average molecular weight is 279 g/mol. The van der Waals surface area contributed by atoms with Crippen molar-refractivity contribution >= 4 is 22.6 Å². The van der Waals surface area contributed by atoms with Gasteiger partial charge in [0.25, 0.3) is 0 Å². The van der Waals surface area contributed by atoms with Crippen LogP contribution >= 0.6 is 11.6 Å². The lowest BCUT2D eigenvalue weighted by molar-refractivity contribution is 0.491. The molecule has 0 aliphatic rings. The Bertz CT molecular complexity index is 704. The minimum atomic E-state index is -0.290. The highest BCUT2D eigenvalue weighted by molar-refractivity contribution is 6.20. The molecule has 0 radical (unpaired) electrons. The van der Waals surface area contributed by atoms with Gasteiger partial charge in [-0.1, -0.05) is 0 Å². The van der Waals surface area contributed by atoms with Gasteiger partial charge >= 0.3 is 0 Å². The lowest BCUT2D eigenvalue weighted by atomic mass is 10.3. The quantitative estimate of drug-likeness (QED) is 0.675. The van der Waals surface area contributed by atoms with E-state index in [2.05, 4.69) is 4.98 Å². The molecule has 0 saturated heterocycles. The Balaban J connectivity index is 2.18. The minimum Gasteiger partial charge on any atom is -0.467 e. The third-order valence-electron chi connectivity index (χ3n) is 2.99. The van der Waals surface area contributed by atoms with Crippen LogP contribution in [0.5, 0.6) is 0 Å². The van der Waals surface area contributed by atoms with Crippen LogP contribution in [0.4, 0.5) is 4.39 Å². The predicted molar refractivity (Wildman–Crippen MR) is 71.8 cm³/mol. The van der Waals surface area contributed by atoms with Crippen LogP contribution in [0.25, 0.3) is 11.0 Å². The predicted octanol–water partition coefficient (Wildman–Crippen LogP) is 4.12. The molecule has 0 N–H and O–H groups in total. The molecular weight excluding hydrogens is 267 g/mol. The number of fused-ring (bicyclic) bond motifs is 1. The first-order valence-electron chi connectivity index (χ1n) is 5.97. The van der Waals surface area contributed by atoms with E-state index in [-0.39, 0.29) is 11.2 Å². The zero-order valence-electron chi connectivity index (χ0n) is 10.3. The summed E-state index contributed by atoms with van der Waals surface area (Å²) < 4.78 is 20.6. The molecule has 0 aliphatic heterocycles. The fraction of sp³-hybridized carbons (Fsp3) is 0.214. The maximum atomic E-state index is 13.4. The maximum Gasteiger partial charge on any atom is 0.128 e. The van der Waals surface area contributed by atoms with E-state index < -0.39 is 0 Å². The van der Waals surface area contributed by atoms with E-state index in [4.69, 9.17) is 16.0 Å². The van der Waals surface area contributed by atoms with Crippen molar-refractivity contribution < 1.29 is 8.81 Å². The Morgan fingerprint density at radius 1 is 1.42 bits per heavy atom. The normalized spacial score (nSPS) is 13.0. The Labute approximate surface area is 114 Å². The number of hydrogen-bond donors (Lipinski definition) is 0. The molecule has 2 heterocycles. The topological polar surface area (TPSA) is 31.0 Å². The molecule has 2 aromatic heterocycles. The Morgan fingerprint density at radius 3 is 2.95 bits per heavy atom. The number of halogens is 2. The summed E-state index contributed by atoms with van der Waals surface area (Å²) in [5, 5.41) is -0.259. The summed E-state index contributed by atoms with van der Waals surface area (Å²) >= 11 is 6.15. The summed E-state index contributed by atoms with van der Waals surface area (Å²) in [5.41, 5.74) is 1.45. The van der Waals surface area contributed by atoms with Crippen LogP contribution < -0.4 is 0 Å². The highest BCUT2D eigenvalue weighted by Gasteiger charge is 2.16. The lowest BCUT2D eigenvalue weighted by Crippen LogP contribution is -2.05. The summed E-state index contributed by atoms with van der Waals surface area (Å²) in [7, 11) is 0. The van der Waals surface area contributed by atoms with Gasteiger partial charge in [0, 0.05) is 0 Å². The van der Waals surface area contributed by atoms with Crippen molar-refractivity contribution in [3.8, 4) is 0 Å². The molecule has 98 valence electrons. The van der Waals surface area contributed by atoms with E-state index in [0.29, 0.717) is 12.4 Å². The molecule has 1 unspecified atom stereocenters. The molecule has 1 atom stereocenters. The molecule has 3 aromatic rings. The van der Waals surface area contributed by atoms with Crippen molar-refractivity contribution in [2.75, 3.05) is 0 Å². The van der Waals surface area contributed by atoms with Gasteiger partial charge in [0.05, 0.1) is 29.2 Å². The largest absolute Gasteiger partial charge is 0.467 e. The van der Waals surface area contributed by atoms with Gasteiger partial charge in [-0.15, -0.1) is 11.6 Å². The Morgan fingerprint density at radius 2 is 2.26 bits per heavy atom. The monoisotopic (exact) mass is 278 g/mol. The van der Waals surface area contributed by atoms with Crippen LogP contribution in [-0.2, 0) is 6.54 Å². The third-order valence-corrected chi connectivity index (χ3v) is 3.18. The zero-order chi connectivity index (χ0) is 13.4. The number of aromatic nitrogens is 2. The van der Waals surface area contributed by atoms with Crippen LogP contribution in [0.1, 0.15) is 23.9 Å². The van der Waals surface area contributed by atoms with E-state index in [0.717, 1.165) is 16.8 Å². The summed E-state index contributed by atoms with van der Waals surface area (Å²) in [5.74, 6) is 1.20. The van der Waals surface area contributed by atoms with Gasteiger partial charge in [0.2, 0.25) is 0 Å². The molecule has 0 amide bonds. The first-order chi connectivity index (χ1) is 9.15. The second-order valence-electron chi connectivity index (χ2n) is 4.38. The third kappa shape index (κ3) is 2.24. The van der Waals surface area contributed by atoms with Gasteiger partial charge in [-0.05, 0) is 37.3 Å². The summed E-state index contributed by atoms with van der Waals surface area (Å²) in [6.07, 6.45) is 1.61. The smallest absolute Gasteiger partial charge is 0.128 e. The molecule has 1 aromatic carbocycles. The molecule has 0 saturated carbocycles. The van der Waals surface area contributed by atoms with Crippen LogP contribution in [0.2, 0.25) is 0 Å². The van der Waals surface area contributed by atoms with Gasteiger partial charge in [0.15, 0.2) is 0 Å². The van der Waals surface area contributed by atoms with Crippen molar-refractivity contribution in [1.29, 1.82) is 0 Å². The average Bonchev–Trinajstić information content (AvgIpc) is 2.98. The van der Waals surface area contributed by atoms with E-state index in [1.807, 2.05) is 23.6 Å². The van der Waals surface area contributed by atoms with E-state index in [1.54, 1.807) is 12.3 Å². The lowest BCUT2D eigenvalue weighted by Gasteiger charge is -2.08. The number of hydrogen-bond acceptors (Lipinski definition) is 2. The second kappa shape index (κ2) is 4.70. The van der Waals surface area contributed by atoms with Crippen LogP contribution in [0.15, 0.2) is 41.0 Å². The van der Waals surface area contributed by atoms with Gasteiger partial charge in [-0.2, -0.15) is 0 Å². The number of furan rings is 1. The molecular formula is C14H12ClFN2O. The molecule has 0 spiro atoms. The highest BCUT2D eigenvalue weighted by Crippen LogP contribution is 2.26. The fourth-order valence-electron chi connectivity index (χ4n) is 2.14. The van der Waals surface area contributed by atoms with Gasteiger partial charge in [0.1, 0.15) is 17.4 Å². The van der Waals surface area contributed by atoms with Crippen LogP contribution in [0.3, 0.4) is 0 Å². The van der Waals surface area contributed by atoms with E-state index in [1.165, 1.54) is 12.1 Å². The number of nitrogens with zero attached hydrogens (tertiary/aromatic N) is 2. The molecule has 0 fully saturated rings. The molecule has 3 nitrogen and oxygen atoms in total. The second-order valence-corrected chi connectivity index (χ2v) is 5.04. The van der Waals surface area contributed by atoms with Crippen molar-refractivity contribution in [1.82, 2.24) is 9.55 Å². The van der Waals surface area contributed by atoms with Gasteiger partial charge in [-0.3, -0.25) is 0 Å². The van der Waals surface area contributed by atoms with Crippen molar-refractivity contribution in [3.05, 3.63) is 54.0 Å².